The van der Waals surface area contributed by atoms with Crippen LogP contribution in [0.2, 0.25) is 0 Å². The molecule has 0 atom stereocenters. The Bertz CT molecular complexity index is 1100. The van der Waals surface area contributed by atoms with Gasteiger partial charge in [-0.25, -0.2) is 9.67 Å². The van der Waals surface area contributed by atoms with Crippen LogP contribution in [0.3, 0.4) is 0 Å². The number of rotatable bonds is 3. The second-order valence-corrected chi connectivity index (χ2v) is 7.66. The molecule has 0 aliphatic carbocycles. The Labute approximate surface area is 170 Å². The molecule has 0 unspecified atom stereocenters. The highest BCUT2D eigenvalue weighted by atomic mass is 16.5. The van der Waals surface area contributed by atoms with E-state index in [1.165, 1.54) is 5.57 Å². The molecule has 0 amide bonds. The second kappa shape index (κ2) is 7.35. The highest BCUT2D eigenvalue weighted by Crippen LogP contribution is 2.34. The molecule has 2 aliphatic heterocycles. The first kappa shape index (κ1) is 17.9. The highest BCUT2D eigenvalue weighted by Gasteiger charge is 2.16. The van der Waals surface area contributed by atoms with Crippen molar-refractivity contribution in [2.24, 2.45) is 0 Å². The molecule has 2 aromatic heterocycles. The minimum absolute atomic E-state index is 0.691. The van der Waals surface area contributed by atoms with E-state index in [0.717, 1.165) is 77.6 Å². The van der Waals surface area contributed by atoms with Gasteiger partial charge in [0.15, 0.2) is 11.6 Å². The third-order valence-electron chi connectivity index (χ3n) is 5.54. The molecule has 0 bridgehead atoms. The van der Waals surface area contributed by atoms with Crippen LogP contribution in [0.15, 0.2) is 36.4 Å². The Balaban J connectivity index is 1.42. The van der Waals surface area contributed by atoms with Crippen molar-refractivity contribution in [3.63, 3.8) is 0 Å². The molecule has 148 valence electrons. The van der Waals surface area contributed by atoms with Crippen LogP contribution in [-0.4, -0.2) is 32.9 Å². The molecule has 5 rings (SSSR count). The molecular weight excluding hydrogens is 362 g/mol. The van der Waals surface area contributed by atoms with Gasteiger partial charge >= 0.3 is 0 Å². The quantitative estimate of drug-likeness (QED) is 0.718. The first-order valence-electron chi connectivity index (χ1n) is 10.3. The largest absolute Gasteiger partial charge is 0.490 e. The van der Waals surface area contributed by atoms with E-state index in [2.05, 4.69) is 49.5 Å². The van der Waals surface area contributed by atoms with Crippen molar-refractivity contribution in [2.75, 3.05) is 18.5 Å². The van der Waals surface area contributed by atoms with Crippen LogP contribution in [0.1, 0.15) is 44.0 Å². The van der Waals surface area contributed by atoms with E-state index in [4.69, 9.17) is 19.8 Å². The number of allylic oxidation sites excluding steroid dienone is 4. The fourth-order valence-electron chi connectivity index (χ4n) is 3.95. The SMILES string of the molecule is C/C1=C/CC/C=C(/C)n2nc(CCc3ccc4ccc5c(c4n3)NCCO5)nc21. The molecule has 6 nitrogen and oxygen atoms in total. The van der Waals surface area contributed by atoms with E-state index in [9.17, 15) is 0 Å². The van der Waals surface area contributed by atoms with Crippen molar-refractivity contribution >= 4 is 27.9 Å². The Morgan fingerprint density at radius 1 is 1.03 bits per heavy atom. The fraction of sp³-hybridized carbons (Fsp3) is 0.348. The zero-order chi connectivity index (χ0) is 19.8. The smallest absolute Gasteiger partial charge is 0.158 e. The van der Waals surface area contributed by atoms with Gasteiger partial charge in [-0.3, -0.25) is 4.98 Å². The third kappa shape index (κ3) is 3.39. The molecule has 4 heterocycles. The van der Waals surface area contributed by atoms with Gasteiger partial charge in [0.2, 0.25) is 0 Å². The topological polar surface area (TPSA) is 64.9 Å². The molecule has 1 N–H and O–H groups in total. The number of nitrogens with one attached hydrogen (secondary N) is 1. The second-order valence-electron chi connectivity index (χ2n) is 7.66. The van der Waals surface area contributed by atoms with Crippen LogP contribution in [0, 0.1) is 0 Å². The zero-order valence-corrected chi connectivity index (χ0v) is 16.9. The normalized spacial score (nSPS) is 19.5. The summed E-state index contributed by atoms with van der Waals surface area (Å²) in [6.45, 7) is 5.72. The predicted molar refractivity (Wildman–Crippen MR) is 116 cm³/mol. The fourth-order valence-corrected chi connectivity index (χ4v) is 3.95. The molecule has 0 radical (unpaired) electrons. The summed E-state index contributed by atoms with van der Waals surface area (Å²) in [5.74, 6) is 2.70. The van der Waals surface area contributed by atoms with Crippen LogP contribution in [0.5, 0.6) is 5.75 Å². The minimum Gasteiger partial charge on any atom is -0.490 e. The maximum absolute atomic E-state index is 5.75. The van der Waals surface area contributed by atoms with Crippen molar-refractivity contribution in [2.45, 2.75) is 39.5 Å². The van der Waals surface area contributed by atoms with Gasteiger partial charge in [0.1, 0.15) is 18.0 Å². The van der Waals surface area contributed by atoms with Crippen LogP contribution >= 0.6 is 0 Å². The van der Waals surface area contributed by atoms with Gasteiger partial charge in [-0.2, -0.15) is 5.10 Å². The minimum atomic E-state index is 0.691. The van der Waals surface area contributed by atoms with Crippen molar-refractivity contribution in [3.8, 4) is 5.75 Å². The maximum atomic E-state index is 5.75. The maximum Gasteiger partial charge on any atom is 0.158 e. The molecule has 29 heavy (non-hydrogen) atoms. The lowest BCUT2D eigenvalue weighted by molar-refractivity contribution is 0.324. The molecular formula is C23H25N5O. The van der Waals surface area contributed by atoms with Crippen molar-refractivity contribution < 1.29 is 4.74 Å². The Morgan fingerprint density at radius 2 is 1.90 bits per heavy atom. The predicted octanol–water partition coefficient (Wildman–Crippen LogP) is 4.47. The summed E-state index contributed by atoms with van der Waals surface area (Å²) in [7, 11) is 0. The number of hydrogen-bond acceptors (Lipinski definition) is 5. The molecule has 1 aromatic carbocycles. The van der Waals surface area contributed by atoms with Gasteiger partial charge in [-0.05, 0) is 56.9 Å². The number of aryl methyl sites for hydroxylation is 2. The monoisotopic (exact) mass is 387 g/mol. The average molecular weight is 387 g/mol. The molecule has 0 spiro atoms. The molecule has 2 aliphatic rings. The summed E-state index contributed by atoms with van der Waals surface area (Å²) >= 11 is 0. The number of nitrogens with zero attached hydrogens (tertiary/aromatic N) is 4. The third-order valence-corrected chi connectivity index (χ3v) is 5.54. The molecule has 0 saturated carbocycles. The highest BCUT2D eigenvalue weighted by molar-refractivity contribution is 5.94. The standard InChI is InChI=1S/C23H25N5O/c1-15-5-3-4-6-16(2)28-23(15)26-20(27-28)12-10-18-9-7-17-8-11-19-22(21(17)25-18)24-13-14-29-19/h5-9,11,24H,3-4,10,12-14H2,1-2H3/b15-5-,16-6-. The van der Waals surface area contributed by atoms with Crippen LogP contribution < -0.4 is 10.1 Å². The van der Waals surface area contributed by atoms with E-state index in [1.54, 1.807) is 0 Å². The van der Waals surface area contributed by atoms with E-state index in [0.29, 0.717) is 6.61 Å². The summed E-state index contributed by atoms with van der Waals surface area (Å²) in [5, 5.41) is 9.32. The number of aromatic nitrogens is 4. The summed E-state index contributed by atoms with van der Waals surface area (Å²) in [4.78, 5) is 9.73. The van der Waals surface area contributed by atoms with Gasteiger partial charge in [0.05, 0.1) is 5.52 Å². The lowest BCUT2D eigenvalue weighted by atomic mass is 10.1. The lowest BCUT2D eigenvalue weighted by Gasteiger charge is -2.20. The summed E-state index contributed by atoms with van der Waals surface area (Å²) in [6, 6.07) is 8.31. The Hall–Kier alpha value is -3.15. The Kier molecular flexibility index (Phi) is 4.54. The van der Waals surface area contributed by atoms with Gasteiger partial charge in [-0.1, -0.05) is 18.2 Å². The van der Waals surface area contributed by atoms with Gasteiger partial charge < -0.3 is 10.1 Å². The first-order valence-corrected chi connectivity index (χ1v) is 10.3. The number of fused-ring (bicyclic) bond motifs is 4. The summed E-state index contributed by atoms with van der Waals surface area (Å²) in [6.07, 6.45) is 8.13. The van der Waals surface area contributed by atoms with Gasteiger partial charge in [0, 0.05) is 29.7 Å². The number of benzene rings is 1. The van der Waals surface area contributed by atoms with E-state index >= 15 is 0 Å². The van der Waals surface area contributed by atoms with E-state index < -0.39 is 0 Å². The lowest BCUT2D eigenvalue weighted by Crippen LogP contribution is -2.18. The molecule has 0 fully saturated rings. The number of ether oxygens (including phenoxy) is 1. The number of pyridine rings is 1. The van der Waals surface area contributed by atoms with E-state index in [1.807, 2.05) is 10.7 Å². The molecule has 3 aromatic rings. The first-order chi connectivity index (χ1) is 14.2. The summed E-state index contributed by atoms with van der Waals surface area (Å²) < 4.78 is 7.73. The zero-order valence-electron chi connectivity index (χ0n) is 16.9. The van der Waals surface area contributed by atoms with Crippen LogP contribution in [-0.2, 0) is 12.8 Å². The molecule has 6 heteroatoms. The van der Waals surface area contributed by atoms with Crippen molar-refractivity contribution in [1.82, 2.24) is 19.7 Å². The van der Waals surface area contributed by atoms with Crippen molar-refractivity contribution in [3.05, 3.63) is 53.8 Å². The van der Waals surface area contributed by atoms with Gasteiger partial charge in [0.25, 0.3) is 0 Å². The average Bonchev–Trinajstić information content (AvgIpc) is 3.18. The summed E-state index contributed by atoms with van der Waals surface area (Å²) in [5.41, 5.74) is 5.35. The Morgan fingerprint density at radius 3 is 2.83 bits per heavy atom. The van der Waals surface area contributed by atoms with Crippen LogP contribution in [0.4, 0.5) is 5.69 Å². The number of hydrogen-bond donors (Lipinski definition) is 1. The van der Waals surface area contributed by atoms with E-state index in [-0.39, 0.29) is 0 Å². The number of anilines is 1. The van der Waals surface area contributed by atoms with Crippen molar-refractivity contribution in [1.29, 1.82) is 0 Å². The molecule has 0 saturated heterocycles. The van der Waals surface area contributed by atoms with Gasteiger partial charge in [-0.15, -0.1) is 0 Å². The van der Waals surface area contributed by atoms with Crippen LogP contribution in [0.25, 0.3) is 22.2 Å².